The molecule has 0 aromatic carbocycles. The van der Waals surface area contributed by atoms with Gasteiger partial charge in [0.2, 0.25) is 11.8 Å². The van der Waals surface area contributed by atoms with Gasteiger partial charge in [0.1, 0.15) is 17.0 Å². The molecule has 2 N–H and O–H groups in total. The van der Waals surface area contributed by atoms with E-state index >= 15 is 0 Å². The van der Waals surface area contributed by atoms with Gasteiger partial charge >= 0.3 is 5.97 Å². The van der Waals surface area contributed by atoms with E-state index in [0.717, 1.165) is 32.1 Å². The van der Waals surface area contributed by atoms with E-state index in [4.69, 9.17) is 4.74 Å². The summed E-state index contributed by atoms with van der Waals surface area (Å²) < 4.78 is 5.34. The minimum absolute atomic E-state index is 0.124. The molecule has 2 amide bonds. The van der Waals surface area contributed by atoms with Gasteiger partial charge in [-0.05, 0) is 38.8 Å². The Morgan fingerprint density at radius 1 is 1.23 bits per heavy atom. The maximum absolute atomic E-state index is 12.7. The SMILES string of the molecule is CC(=O)Nc1ccc(C#CC2(NC(=O)CC3CC(C)(C)OC3=O)CCCCC2)cn1. The molecule has 7 nitrogen and oxygen atoms in total. The fraction of sp³-hybridized carbons (Fsp3) is 0.565. The number of carbonyl (C=O) groups excluding carboxylic acids is 3. The zero-order valence-electron chi connectivity index (χ0n) is 17.8. The summed E-state index contributed by atoms with van der Waals surface area (Å²) in [5, 5.41) is 5.74. The van der Waals surface area contributed by atoms with Crippen LogP contribution in [0.5, 0.6) is 0 Å². The lowest BCUT2D eigenvalue weighted by atomic mass is 9.81. The van der Waals surface area contributed by atoms with Gasteiger partial charge in [0.25, 0.3) is 0 Å². The van der Waals surface area contributed by atoms with E-state index in [1.54, 1.807) is 18.3 Å². The molecule has 1 aromatic heterocycles. The molecule has 1 aliphatic heterocycles. The standard InChI is InChI=1S/C23H29N3O4/c1-16(27)25-19-8-7-17(15-24-19)9-12-23(10-5-4-6-11-23)26-20(28)13-18-14-22(2,3)30-21(18)29/h7-8,15,18H,4-6,10-11,13-14H2,1-3H3,(H,26,28)(H,24,25,27). The van der Waals surface area contributed by atoms with Crippen LogP contribution in [0.3, 0.4) is 0 Å². The van der Waals surface area contributed by atoms with Gasteiger partial charge in [0.05, 0.1) is 5.92 Å². The number of rotatable bonds is 4. The molecule has 0 spiro atoms. The highest BCUT2D eigenvalue weighted by atomic mass is 16.6. The lowest BCUT2D eigenvalue weighted by molar-refractivity contribution is -0.149. The van der Waals surface area contributed by atoms with Gasteiger partial charge in [0.15, 0.2) is 0 Å². The number of amides is 2. The average Bonchev–Trinajstić information content (AvgIpc) is 2.92. The molecule has 1 saturated carbocycles. The number of cyclic esters (lactones) is 1. The maximum atomic E-state index is 12.7. The molecule has 0 bridgehead atoms. The number of nitrogens with zero attached hydrogens (tertiary/aromatic N) is 1. The second-order valence-electron chi connectivity index (χ2n) is 8.84. The molecular weight excluding hydrogens is 382 g/mol. The van der Waals surface area contributed by atoms with Crippen LogP contribution in [0.2, 0.25) is 0 Å². The van der Waals surface area contributed by atoms with Gasteiger partial charge in [-0.2, -0.15) is 0 Å². The largest absolute Gasteiger partial charge is 0.459 e. The van der Waals surface area contributed by atoms with Gasteiger partial charge in [-0.25, -0.2) is 4.98 Å². The molecule has 3 rings (SSSR count). The van der Waals surface area contributed by atoms with Gasteiger partial charge in [-0.3, -0.25) is 14.4 Å². The van der Waals surface area contributed by atoms with Gasteiger partial charge in [0, 0.05) is 31.5 Å². The third kappa shape index (κ3) is 5.82. The van der Waals surface area contributed by atoms with Crippen molar-refractivity contribution < 1.29 is 19.1 Å². The molecule has 2 heterocycles. The molecule has 1 atom stereocenters. The summed E-state index contributed by atoms with van der Waals surface area (Å²) in [6.45, 7) is 5.15. The van der Waals surface area contributed by atoms with Crippen LogP contribution in [0.4, 0.5) is 5.82 Å². The molecule has 1 saturated heterocycles. The van der Waals surface area contributed by atoms with Crippen molar-refractivity contribution in [2.45, 2.75) is 76.9 Å². The van der Waals surface area contributed by atoms with Crippen molar-refractivity contribution in [3.8, 4) is 11.8 Å². The van der Waals surface area contributed by atoms with Crippen LogP contribution in [0.25, 0.3) is 0 Å². The van der Waals surface area contributed by atoms with Crippen molar-refractivity contribution in [2.75, 3.05) is 5.32 Å². The third-order valence-corrected chi connectivity index (χ3v) is 5.48. The Morgan fingerprint density at radius 2 is 1.97 bits per heavy atom. The summed E-state index contributed by atoms with van der Waals surface area (Å²) in [6.07, 6.45) is 6.94. The summed E-state index contributed by atoms with van der Waals surface area (Å²) >= 11 is 0. The van der Waals surface area contributed by atoms with E-state index in [1.807, 2.05) is 13.8 Å². The molecule has 7 heteroatoms. The first-order valence-electron chi connectivity index (χ1n) is 10.5. The van der Waals surface area contributed by atoms with E-state index < -0.39 is 17.1 Å². The summed E-state index contributed by atoms with van der Waals surface area (Å²) in [5.41, 5.74) is -0.394. The minimum Gasteiger partial charge on any atom is -0.459 e. The van der Waals surface area contributed by atoms with Crippen LogP contribution in [0.15, 0.2) is 18.3 Å². The van der Waals surface area contributed by atoms with Crippen LogP contribution >= 0.6 is 0 Å². The van der Waals surface area contributed by atoms with Crippen molar-refractivity contribution in [1.29, 1.82) is 0 Å². The number of pyridine rings is 1. The summed E-state index contributed by atoms with van der Waals surface area (Å²) in [5.74, 6) is 5.82. The predicted octanol–water partition coefficient (Wildman–Crippen LogP) is 2.94. The molecule has 1 aromatic rings. The second kappa shape index (κ2) is 8.86. The lowest BCUT2D eigenvalue weighted by Gasteiger charge is -2.33. The number of esters is 1. The summed E-state index contributed by atoms with van der Waals surface area (Å²) in [6, 6.07) is 3.49. The topological polar surface area (TPSA) is 97.4 Å². The van der Waals surface area contributed by atoms with Gasteiger partial charge in [-0.1, -0.05) is 31.1 Å². The maximum Gasteiger partial charge on any atom is 0.310 e. The normalized spacial score (nSPS) is 21.7. The summed E-state index contributed by atoms with van der Waals surface area (Å²) in [7, 11) is 0. The quantitative estimate of drug-likeness (QED) is 0.586. The number of hydrogen-bond donors (Lipinski definition) is 2. The van der Waals surface area contributed by atoms with E-state index in [1.165, 1.54) is 6.92 Å². The Bertz CT molecular complexity index is 874. The third-order valence-electron chi connectivity index (χ3n) is 5.48. The number of aromatic nitrogens is 1. The fourth-order valence-corrected chi connectivity index (χ4v) is 4.12. The molecule has 2 fully saturated rings. The number of ether oxygens (including phenoxy) is 1. The molecular formula is C23H29N3O4. The van der Waals surface area contributed by atoms with Crippen LogP contribution < -0.4 is 10.6 Å². The zero-order chi connectivity index (χ0) is 21.8. The lowest BCUT2D eigenvalue weighted by Crippen LogP contribution is -2.49. The number of hydrogen-bond acceptors (Lipinski definition) is 5. The first kappa shape index (κ1) is 21.8. The zero-order valence-corrected chi connectivity index (χ0v) is 17.8. The number of nitrogens with one attached hydrogen (secondary N) is 2. The highest BCUT2D eigenvalue weighted by Gasteiger charge is 2.42. The van der Waals surface area contributed by atoms with Gasteiger partial charge in [-0.15, -0.1) is 0 Å². The smallest absolute Gasteiger partial charge is 0.310 e. The van der Waals surface area contributed by atoms with Crippen LogP contribution in [0.1, 0.15) is 71.3 Å². The van der Waals surface area contributed by atoms with E-state index in [0.29, 0.717) is 17.8 Å². The Hall–Kier alpha value is -2.88. The number of anilines is 1. The molecule has 1 aliphatic carbocycles. The van der Waals surface area contributed by atoms with Crippen molar-refractivity contribution in [1.82, 2.24) is 10.3 Å². The molecule has 0 radical (unpaired) electrons. The first-order chi connectivity index (χ1) is 14.2. The van der Waals surface area contributed by atoms with Crippen molar-refractivity contribution in [3.05, 3.63) is 23.9 Å². The monoisotopic (exact) mass is 411 g/mol. The van der Waals surface area contributed by atoms with Gasteiger partial charge < -0.3 is 15.4 Å². The molecule has 30 heavy (non-hydrogen) atoms. The first-order valence-corrected chi connectivity index (χ1v) is 10.5. The Morgan fingerprint density at radius 3 is 2.53 bits per heavy atom. The number of carbonyl (C=O) groups is 3. The highest BCUT2D eigenvalue weighted by molar-refractivity contribution is 5.87. The second-order valence-corrected chi connectivity index (χ2v) is 8.84. The minimum atomic E-state index is -0.594. The van der Waals surface area contributed by atoms with Crippen molar-refractivity contribution in [3.63, 3.8) is 0 Å². The Kier molecular flexibility index (Phi) is 6.45. The van der Waals surface area contributed by atoms with Crippen LogP contribution in [-0.4, -0.2) is 33.9 Å². The molecule has 1 unspecified atom stereocenters. The highest BCUT2D eigenvalue weighted by Crippen LogP contribution is 2.33. The predicted molar refractivity (Wildman–Crippen MR) is 112 cm³/mol. The van der Waals surface area contributed by atoms with Crippen LogP contribution in [-0.2, 0) is 19.1 Å². The summed E-state index contributed by atoms with van der Waals surface area (Å²) in [4.78, 5) is 40.1. The van der Waals surface area contributed by atoms with Crippen molar-refractivity contribution >= 4 is 23.6 Å². The van der Waals surface area contributed by atoms with Crippen LogP contribution in [0, 0.1) is 17.8 Å². The van der Waals surface area contributed by atoms with Crippen molar-refractivity contribution in [2.24, 2.45) is 5.92 Å². The van der Waals surface area contributed by atoms with E-state index in [-0.39, 0.29) is 24.2 Å². The van der Waals surface area contributed by atoms with E-state index in [9.17, 15) is 14.4 Å². The molecule has 160 valence electrons. The van der Waals surface area contributed by atoms with E-state index in [2.05, 4.69) is 27.5 Å². The Balaban J connectivity index is 1.69. The average molecular weight is 412 g/mol. The Labute approximate surface area is 177 Å². The molecule has 2 aliphatic rings. The fourth-order valence-electron chi connectivity index (χ4n) is 4.12.